The fraction of sp³-hybridized carbons (Fsp3) is 0.0625. The molecule has 2 nitrogen and oxygen atoms in total. The van der Waals surface area contributed by atoms with Gasteiger partial charge in [0, 0.05) is 33.9 Å². The average Bonchev–Trinajstić information content (AvgIpc) is 2.46. The molecular formula is C16H12Cl2N2. The second-order valence-electron chi connectivity index (χ2n) is 4.50. The molecule has 0 aliphatic heterocycles. The van der Waals surface area contributed by atoms with Crippen LogP contribution in [0.2, 0.25) is 10.0 Å². The maximum Gasteiger partial charge on any atom is 0.0703 e. The zero-order valence-electron chi connectivity index (χ0n) is 10.6. The third-order valence-corrected chi connectivity index (χ3v) is 3.69. The van der Waals surface area contributed by atoms with Crippen molar-refractivity contribution in [2.75, 3.05) is 5.32 Å². The highest BCUT2D eigenvalue weighted by atomic mass is 35.5. The Morgan fingerprint density at radius 2 is 1.90 bits per heavy atom. The van der Waals surface area contributed by atoms with Crippen LogP contribution in [-0.4, -0.2) is 4.98 Å². The van der Waals surface area contributed by atoms with E-state index in [4.69, 9.17) is 23.2 Å². The first kappa shape index (κ1) is 13.2. The minimum atomic E-state index is 0.649. The number of nitrogens with one attached hydrogen (secondary N) is 1. The molecule has 0 saturated heterocycles. The maximum atomic E-state index is 6.16. The number of rotatable bonds is 3. The summed E-state index contributed by atoms with van der Waals surface area (Å²) in [7, 11) is 0. The molecule has 3 rings (SSSR count). The molecule has 0 unspecified atom stereocenters. The van der Waals surface area contributed by atoms with Gasteiger partial charge in [-0.15, -0.1) is 0 Å². The Morgan fingerprint density at radius 3 is 2.75 bits per heavy atom. The van der Waals surface area contributed by atoms with Crippen LogP contribution in [0.1, 0.15) is 5.56 Å². The van der Waals surface area contributed by atoms with Gasteiger partial charge in [0.25, 0.3) is 0 Å². The molecule has 0 amide bonds. The van der Waals surface area contributed by atoms with Gasteiger partial charge in [0.15, 0.2) is 0 Å². The Balaban J connectivity index is 1.79. The van der Waals surface area contributed by atoms with Crippen LogP contribution < -0.4 is 5.32 Å². The molecular weight excluding hydrogens is 291 g/mol. The Kier molecular flexibility index (Phi) is 3.77. The molecule has 0 radical (unpaired) electrons. The highest BCUT2D eigenvalue weighted by Crippen LogP contribution is 2.23. The van der Waals surface area contributed by atoms with Crippen molar-refractivity contribution < 1.29 is 0 Å². The molecule has 0 aliphatic carbocycles. The lowest BCUT2D eigenvalue weighted by Crippen LogP contribution is -2.00. The number of benzene rings is 2. The monoisotopic (exact) mass is 302 g/mol. The van der Waals surface area contributed by atoms with Crippen LogP contribution in [-0.2, 0) is 6.54 Å². The fourth-order valence-corrected chi connectivity index (χ4v) is 2.52. The third-order valence-electron chi connectivity index (χ3n) is 3.10. The van der Waals surface area contributed by atoms with Crippen molar-refractivity contribution in [2.45, 2.75) is 6.54 Å². The van der Waals surface area contributed by atoms with Gasteiger partial charge in [-0.3, -0.25) is 4.98 Å². The lowest BCUT2D eigenvalue weighted by atomic mass is 10.2. The summed E-state index contributed by atoms with van der Waals surface area (Å²) in [5, 5.41) is 5.79. The summed E-state index contributed by atoms with van der Waals surface area (Å²) in [5.41, 5.74) is 3.04. The SMILES string of the molecule is Clc1ccc(CNc2ccc3ncccc3c2)c(Cl)c1. The van der Waals surface area contributed by atoms with Crippen molar-refractivity contribution in [1.82, 2.24) is 4.98 Å². The van der Waals surface area contributed by atoms with E-state index in [2.05, 4.69) is 16.4 Å². The molecule has 0 fully saturated rings. The van der Waals surface area contributed by atoms with Crippen LogP contribution in [0, 0.1) is 0 Å². The van der Waals surface area contributed by atoms with Gasteiger partial charge in [0.2, 0.25) is 0 Å². The van der Waals surface area contributed by atoms with E-state index in [1.165, 1.54) is 0 Å². The van der Waals surface area contributed by atoms with Crippen LogP contribution in [0.25, 0.3) is 10.9 Å². The predicted octanol–water partition coefficient (Wildman–Crippen LogP) is 5.15. The molecule has 0 bridgehead atoms. The lowest BCUT2D eigenvalue weighted by Gasteiger charge is -2.09. The standard InChI is InChI=1S/C16H12Cl2N2/c17-13-4-3-12(15(18)9-13)10-20-14-5-6-16-11(8-14)2-1-7-19-16/h1-9,20H,10H2. The number of pyridine rings is 1. The molecule has 0 atom stereocenters. The summed E-state index contributed by atoms with van der Waals surface area (Å²) in [4.78, 5) is 4.30. The largest absolute Gasteiger partial charge is 0.381 e. The van der Waals surface area contributed by atoms with Gasteiger partial charge in [0.1, 0.15) is 0 Å². The molecule has 0 spiro atoms. The summed E-state index contributed by atoms with van der Waals surface area (Å²) in [6.45, 7) is 0.655. The van der Waals surface area contributed by atoms with E-state index >= 15 is 0 Å². The van der Waals surface area contributed by atoms with Crippen molar-refractivity contribution in [3.63, 3.8) is 0 Å². The van der Waals surface area contributed by atoms with Gasteiger partial charge in [-0.25, -0.2) is 0 Å². The zero-order chi connectivity index (χ0) is 13.9. The van der Waals surface area contributed by atoms with E-state index in [-0.39, 0.29) is 0 Å². The minimum Gasteiger partial charge on any atom is -0.381 e. The number of halogens is 2. The Labute approximate surface area is 127 Å². The van der Waals surface area contributed by atoms with Gasteiger partial charge in [-0.2, -0.15) is 0 Å². The van der Waals surface area contributed by atoms with E-state index < -0.39 is 0 Å². The summed E-state index contributed by atoms with van der Waals surface area (Å²) >= 11 is 12.0. The minimum absolute atomic E-state index is 0.649. The van der Waals surface area contributed by atoms with E-state index in [9.17, 15) is 0 Å². The molecule has 1 N–H and O–H groups in total. The first-order valence-electron chi connectivity index (χ1n) is 6.25. The van der Waals surface area contributed by atoms with Crippen molar-refractivity contribution >= 4 is 39.8 Å². The smallest absolute Gasteiger partial charge is 0.0703 e. The molecule has 20 heavy (non-hydrogen) atoms. The van der Waals surface area contributed by atoms with Gasteiger partial charge >= 0.3 is 0 Å². The van der Waals surface area contributed by atoms with Crippen molar-refractivity contribution in [1.29, 1.82) is 0 Å². The number of hydrogen-bond acceptors (Lipinski definition) is 2. The van der Waals surface area contributed by atoms with Gasteiger partial charge < -0.3 is 5.32 Å². The lowest BCUT2D eigenvalue weighted by molar-refractivity contribution is 1.15. The second kappa shape index (κ2) is 5.70. The highest BCUT2D eigenvalue weighted by Gasteiger charge is 2.02. The van der Waals surface area contributed by atoms with Crippen LogP contribution in [0.4, 0.5) is 5.69 Å². The molecule has 0 saturated carbocycles. The van der Waals surface area contributed by atoms with Crippen LogP contribution in [0.5, 0.6) is 0 Å². The number of anilines is 1. The van der Waals surface area contributed by atoms with E-state index in [0.717, 1.165) is 22.2 Å². The van der Waals surface area contributed by atoms with Crippen molar-refractivity contribution in [3.05, 3.63) is 70.3 Å². The van der Waals surface area contributed by atoms with Crippen molar-refractivity contribution in [3.8, 4) is 0 Å². The fourth-order valence-electron chi connectivity index (χ4n) is 2.05. The summed E-state index contributed by atoms with van der Waals surface area (Å²) in [5.74, 6) is 0. The van der Waals surface area contributed by atoms with Gasteiger partial charge in [0.05, 0.1) is 5.52 Å². The van der Waals surface area contributed by atoms with Crippen molar-refractivity contribution in [2.24, 2.45) is 0 Å². The second-order valence-corrected chi connectivity index (χ2v) is 5.34. The summed E-state index contributed by atoms with van der Waals surface area (Å²) in [6, 6.07) is 15.6. The average molecular weight is 303 g/mol. The Morgan fingerprint density at radius 1 is 1.00 bits per heavy atom. The normalized spacial score (nSPS) is 10.7. The summed E-state index contributed by atoms with van der Waals surface area (Å²) < 4.78 is 0. The van der Waals surface area contributed by atoms with Crippen LogP contribution in [0.3, 0.4) is 0 Å². The Bertz CT molecular complexity index is 756. The van der Waals surface area contributed by atoms with Crippen LogP contribution >= 0.6 is 23.2 Å². The van der Waals surface area contributed by atoms with E-state index in [1.807, 2.05) is 36.4 Å². The predicted molar refractivity (Wildman–Crippen MR) is 85.5 cm³/mol. The first-order valence-corrected chi connectivity index (χ1v) is 7.00. The molecule has 4 heteroatoms. The molecule has 100 valence electrons. The molecule has 1 aromatic heterocycles. The van der Waals surface area contributed by atoms with E-state index in [1.54, 1.807) is 12.3 Å². The number of hydrogen-bond donors (Lipinski definition) is 1. The molecule has 0 aliphatic rings. The quantitative estimate of drug-likeness (QED) is 0.723. The number of aromatic nitrogens is 1. The van der Waals surface area contributed by atoms with Gasteiger partial charge in [-0.1, -0.05) is 35.3 Å². The Hall–Kier alpha value is -1.77. The summed E-state index contributed by atoms with van der Waals surface area (Å²) in [6.07, 6.45) is 1.79. The van der Waals surface area contributed by atoms with E-state index in [0.29, 0.717) is 16.6 Å². The number of fused-ring (bicyclic) bond motifs is 1. The maximum absolute atomic E-state index is 6.16. The van der Waals surface area contributed by atoms with Gasteiger partial charge in [-0.05, 0) is 42.0 Å². The highest BCUT2D eigenvalue weighted by molar-refractivity contribution is 6.35. The molecule has 1 heterocycles. The number of nitrogens with zero attached hydrogens (tertiary/aromatic N) is 1. The molecule has 3 aromatic rings. The molecule has 2 aromatic carbocycles. The topological polar surface area (TPSA) is 24.9 Å². The first-order chi connectivity index (χ1) is 9.72. The van der Waals surface area contributed by atoms with Crippen LogP contribution in [0.15, 0.2) is 54.7 Å². The zero-order valence-corrected chi connectivity index (χ0v) is 12.1. The third kappa shape index (κ3) is 2.87.